The molecule has 0 amide bonds. The Hall–Kier alpha value is -3.12. The van der Waals surface area contributed by atoms with Crippen molar-refractivity contribution < 1.29 is 28.4 Å². The monoisotopic (exact) mass is 384 g/mol. The van der Waals surface area contributed by atoms with E-state index in [1.54, 1.807) is 30.3 Å². The highest BCUT2D eigenvalue weighted by Gasteiger charge is 2.41. The zero-order valence-electron chi connectivity index (χ0n) is 14.4. The molecule has 0 saturated carbocycles. The van der Waals surface area contributed by atoms with Crippen LogP contribution in [0.1, 0.15) is 46.1 Å². The number of halogens is 1. The van der Waals surface area contributed by atoms with Crippen molar-refractivity contribution in [2.24, 2.45) is 5.92 Å². The number of Topliss-reactive ketones (excluding diaryl/α,β-unsaturated/α-hetero) is 4. The lowest BCUT2D eigenvalue weighted by atomic mass is 9.83. The number of fused-ring (bicyclic) bond motifs is 1. The van der Waals surface area contributed by atoms with Crippen LogP contribution in [-0.4, -0.2) is 28.9 Å². The van der Waals surface area contributed by atoms with Gasteiger partial charge in [0.05, 0.1) is 5.56 Å². The van der Waals surface area contributed by atoms with E-state index in [-0.39, 0.29) is 22.7 Å². The number of benzene rings is 1. The zero-order valence-corrected chi connectivity index (χ0v) is 15.1. The van der Waals surface area contributed by atoms with Crippen LogP contribution in [0, 0.1) is 5.92 Å². The van der Waals surface area contributed by atoms with E-state index >= 15 is 0 Å². The molecule has 136 valence electrons. The summed E-state index contributed by atoms with van der Waals surface area (Å²) in [6.07, 6.45) is 0. The van der Waals surface area contributed by atoms with Gasteiger partial charge in [0.2, 0.25) is 17.3 Å². The Balaban J connectivity index is 2.20. The average Bonchev–Trinajstić information content (AvgIpc) is 3.08. The summed E-state index contributed by atoms with van der Waals surface area (Å²) >= 11 is 6.00. The molecule has 6 nitrogen and oxygen atoms in total. The number of hydrogen-bond donors (Lipinski definition) is 0. The molecule has 0 spiro atoms. The minimum absolute atomic E-state index is 0.177. The van der Waals surface area contributed by atoms with Gasteiger partial charge in [-0.2, -0.15) is 0 Å². The van der Waals surface area contributed by atoms with Gasteiger partial charge < -0.3 is 4.42 Å². The molecule has 0 atom stereocenters. The highest BCUT2D eigenvalue weighted by molar-refractivity contribution is 6.64. The van der Waals surface area contributed by atoms with Gasteiger partial charge in [0, 0.05) is 11.1 Å². The van der Waals surface area contributed by atoms with Crippen LogP contribution < -0.4 is 0 Å². The summed E-state index contributed by atoms with van der Waals surface area (Å²) < 4.78 is 5.54. The van der Waals surface area contributed by atoms with Crippen molar-refractivity contribution in [1.29, 1.82) is 0 Å². The lowest BCUT2D eigenvalue weighted by Gasteiger charge is -2.19. The lowest BCUT2D eigenvalue weighted by Crippen LogP contribution is -2.28. The van der Waals surface area contributed by atoms with Crippen molar-refractivity contribution in [3.8, 4) is 0 Å². The summed E-state index contributed by atoms with van der Waals surface area (Å²) in [5, 5.41) is -0.545. The Morgan fingerprint density at radius 3 is 2.11 bits per heavy atom. The third kappa shape index (κ3) is 3.08. The molecule has 0 aliphatic heterocycles. The fraction of sp³-hybridized carbons (Fsp3) is 0.150. The molecule has 2 aromatic rings. The summed E-state index contributed by atoms with van der Waals surface area (Å²) in [5.41, 5.74) is -0.0526. The van der Waals surface area contributed by atoms with Gasteiger partial charge in [-0.25, -0.2) is 0 Å². The van der Waals surface area contributed by atoms with Crippen LogP contribution in [0.3, 0.4) is 0 Å². The molecule has 1 aliphatic carbocycles. The largest absolute Gasteiger partial charge is 0.452 e. The van der Waals surface area contributed by atoms with Crippen LogP contribution in [0.2, 0.25) is 0 Å². The molecule has 0 bridgehead atoms. The number of furan rings is 1. The standard InChI is InChI=1S/C20H13ClO6/c1-9(22)14(10(2)23)15-16(21)19(26)18(25)12-8-13(27-20(12)15)17(24)11-6-4-3-5-7-11/h3-8,14H,1-2H3. The van der Waals surface area contributed by atoms with Gasteiger partial charge >= 0.3 is 0 Å². The van der Waals surface area contributed by atoms with Crippen molar-refractivity contribution in [3.05, 3.63) is 64.1 Å². The third-order valence-electron chi connectivity index (χ3n) is 4.22. The van der Waals surface area contributed by atoms with Crippen LogP contribution in [0.5, 0.6) is 0 Å². The highest BCUT2D eigenvalue weighted by atomic mass is 35.5. The third-order valence-corrected chi connectivity index (χ3v) is 4.60. The Morgan fingerprint density at radius 1 is 0.963 bits per heavy atom. The van der Waals surface area contributed by atoms with Crippen LogP contribution in [0.25, 0.3) is 5.57 Å². The molecular formula is C20H13ClO6. The van der Waals surface area contributed by atoms with Gasteiger partial charge in [0.1, 0.15) is 28.3 Å². The van der Waals surface area contributed by atoms with E-state index in [0.29, 0.717) is 5.56 Å². The van der Waals surface area contributed by atoms with Crippen molar-refractivity contribution in [2.75, 3.05) is 0 Å². The zero-order chi connectivity index (χ0) is 19.9. The van der Waals surface area contributed by atoms with E-state index in [1.165, 1.54) is 13.8 Å². The fourth-order valence-electron chi connectivity index (χ4n) is 3.00. The van der Waals surface area contributed by atoms with E-state index in [0.717, 1.165) is 6.07 Å². The van der Waals surface area contributed by atoms with Crippen LogP contribution in [-0.2, 0) is 14.4 Å². The van der Waals surface area contributed by atoms with E-state index in [2.05, 4.69) is 0 Å². The number of allylic oxidation sites excluding steroid dienone is 2. The first kappa shape index (κ1) is 18.7. The van der Waals surface area contributed by atoms with Crippen molar-refractivity contribution >= 4 is 46.1 Å². The number of hydrogen-bond acceptors (Lipinski definition) is 6. The van der Waals surface area contributed by atoms with E-state index in [9.17, 15) is 24.0 Å². The first-order chi connectivity index (χ1) is 12.7. The van der Waals surface area contributed by atoms with Gasteiger partial charge in [0.15, 0.2) is 5.76 Å². The highest BCUT2D eigenvalue weighted by Crippen LogP contribution is 2.39. The SMILES string of the molecule is CC(=O)C(C(C)=O)C1=C(Cl)C(=O)C(=O)c2cc(C(=O)c3ccccc3)oc21. The first-order valence-corrected chi connectivity index (χ1v) is 8.35. The summed E-state index contributed by atoms with van der Waals surface area (Å²) in [7, 11) is 0. The maximum absolute atomic E-state index is 12.6. The maximum atomic E-state index is 12.6. The molecule has 0 unspecified atom stereocenters. The summed E-state index contributed by atoms with van der Waals surface area (Å²) in [6, 6.07) is 9.33. The second-order valence-electron chi connectivity index (χ2n) is 6.09. The Kier molecular flexibility index (Phi) is 4.76. The molecule has 1 aromatic carbocycles. The molecule has 0 N–H and O–H groups in total. The van der Waals surface area contributed by atoms with E-state index in [4.69, 9.17) is 16.0 Å². The number of carbonyl (C=O) groups is 5. The minimum atomic E-state index is -1.36. The molecular weight excluding hydrogens is 372 g/mol. The topological polar surface area (TPSA) is 98.5 Å². The normalized spacial score (nSPS) is 13.8. The Bertz CT molecular complexity index is 1030. The van der Waals surface area contributed by atoms with Crippen molar-refractivity contribution in [2.45, 2.75) is 13.8 Å². The molecule has 3 rings (SSSR count). The summed E-state index contributed by atoms with van der Waals surface area (Å²) in [4.78, 5) is 61.1. The molecule has 0 fully saturated rings. The smallest absolute Gasteiger partial charge is 0.245 e. The maximum Gasteiger partial charge on any atom is 0.245 e. The van der Waals surface area contributed by atoms with Crippen molar-refractivity contribution in [1.82, 2.24) is 0 Å². The number of carbonyl (C=O) groups excluding carboxylic acids is 5. The molecule has 1 heterocycles. The molecule has 7 heteroatoms. The van der Waals surface area contributed by atoms with Gasteiger partial charge in [-0.05, 0) is 19.9 Å². The summed E-state index contributed by atoms with van der Waals surface area (Å²) in [5.74, 6) is -5.39. The van der Waals surface area contributed by atoms with Gasteiger partial charge in [-0.1, -0.05) is 41.9 Å². The fourth-order valence-corrected chi connectivity index (χ4v) is 3.28. The average molecular weight is 385 g/mol. The van der Waals surface area contributed by atoms with E-state index in [1.807, 2.05) is 0 Å². The van der Waals surface area contributed by atoms with Gasteiger partial charge in [-0.15, -0.1) is 0 Å². The second kappa shape index (κ2) is 6.89. The minimum Gasteiger partial charge on any atom is -0.452 e. The van der Waals surface area contributed by atoms with Crippen LogP contribution in [0.4, 0.5) is 0 Å². The Labute approximate surface area is 158 Å². The van der Waals surface area contributed by atoms with Gasteiger partial charge in [0.25, 0.3) is 0 Å². The molecule has 0 saturated heterocycles. The predicted molar refractivity (Wildman–Crippen MR) is 95.5 cm³/mol. The Morgan fingerprint density at radius 2 is 1.56 bits per heavy atom. The number of ketones is 5. The molecule has 0 radical (unpaired) electrons. The van der Waals surface area contributed by atoms with E-state index < -0.39 is 39.9 Å². The van der Waals surface area contributed by atoms with Crippen LogP contribution in [0.15, 0.2) is 45.8 Å². The quantitative estimate of drug-likeness (QED) is 0.446. The molecule has 1 aliphatic rings. The molecule has 27 heavy (non-hydrogen) atoms. The molecule has 1 aromatic heterocycles. The summed E-state index contributed by atoms with van der Waals surface area (Å²) in [6.45, 7) is 2.34. The lowest BCUT2D eigenvalue weighted by molar-refractivity contribution is -0.127. The van der Waals surface area contributed by atoms with Crippen LogP contribution >= 0.6 is 11.6 Å². The predicted octanol–water partition coefficient (Wildman–Crippen LogP) is 3.02. The first-order valence-electron chi connectivity index (χ1n) is 7.97. The van der Waals surface area contributed by atoms with Crippen molar-refractivity contribution in [3.63, 3.8) is 0 Å². The second-order valence-corrected chi connectivity index (χ2v) is 6.47. The van der Waals surface area contributed by atoms with Gasteiger partial charge in [-0.3, -0.25) is 24.0 Å². The number of rotatable bonds is 5.